The Labute approximate surface area is 120 Å². The van der Waals surface area contributed by atoms with Gasteiger partial charge in [0.25, 0.3) is 0 Å². The first kappa shape index (κ1) is 12.8. The summed E-state index contributed by atoms with van der Waals surface area (Å²) in [6.45, 7) is 6.16. The van der Waals surface area contributed by atoms with Crippen molar-refractivity contribution in [2.75, 3.05) is 11.9 Å². The molecule has 0 saturated carbocycles. The molecule has 1 N–H and O–H groups in total. The fourth-order valence-electron chi connectivity index (χ4n) is 2.59. The predicted octanol–water partition coefficient (Wildman–Crippen LogP) is 4.37. The van der Waals surface area contributed by atoms with Gasteiger partial charge in [-0.15, -0.1) is 0 Å². The molecule has 0 fully saturated rings. The molecule has 0 aliphatic heterocycles. The Balaban J connectivity index is 1.68. The topological polar surface area (TPSA) is 17.0 Å². The average Bonchev–Trinajstić information content (AvgIpc) is 2.81. The van der Waals surface area contributed by atoms with Crippen LogP contribution in [0.3, 0.4) is 0 Å². The Bertz CT molecular complexity index is 725. The molecule has 20 heavy (non-hydrogen) atoms. The first-order valence-electron chi connectivity index (χ1n) is 7.08. The van der Waals surface area contributed by atoms with Crippen molar-refractivity contribution in [3.05, 3.63) is 65.9 Å². The number of aromatic nitrogens is 1. The van der Waals surface area contributed by atoms with Crippen molar-refractivity contribution in [2.24, 2.45) is 0 Å². The molecule has 0 radical (unpaired) electrons. The van der Waals surface area contributed by atoms with Gasteiger partial charge in [0.1, 0.15) is 0 Å². The summed E-state index contributed by atoms with van der Waals surface area (Å²) < 4.78 is 2.30. The third kappa shape index (κ3) is 2.69. The van der Waals surface area contributed by atoms with Gasteiger partial charge in [-0.2, -0.15) is 0 Å². The first-order chi connectivity index (χ1) is 9.72. The fourth-order valence-corrected chi connectivity index (χ4v) is 2.59. The number of nitrogens with zero attached hydrogens (tertiary/aromatic N) is 1. The number of hydrogen-bond acceptors (Lipinski definition) is 1. The summed E-state index contributed by atoms with van der Waals surface area (Å²) in [5.74, 6) is 0. The molecule has 0 atom stereocenters. The van der Waals surface area contributed by atoms with E-state index in [0.29, 0.717) is 0 Å². The first-order valence-corrected chi connectivity index (χ1v) is 7.08. The van der Waals surface area contributed by atoms with Gasteiger partial charge < -0.3 is 9.88 Å². The molecule has 0 unspecified atom stereocenters. The van der Waals surface area contributed by atoms with E-state index in [2.05, 4.69) is 78.5 Å². The Morgan fingerprint density at radius 2 is 1.80 bits per heavy atom. The van der Waals surface area contributed by atoms with Gasteiger partial charge in [0, 0.05) is 30.5 Å². The zero-order chi connectivity index (χ0) is 13.9. The van der Waals surface area contributed by atoms with E-state index in [0.717, 1.165) is 13.1 Å². The van der Waals surface area contributed by atoms with Gasteiger partial charge in [0.05, 0.1) is 0 Å². The van der Waals surface area contributed by atoms with E-state index in [1.807, 2.05) is 0 Å². The lowest BCUT2D eigenvalue weighted by Crippen LogP contribution is -2.09. The Morgan fingerprint density at radius 1 is 0.950 bits per heavy atom. The second kappa shape index (κ2) is 5.41. The van der Waals surface area contributed by atoms with Crippen molar-refractivity contribution < 1.29 is 0 Å². The van der Waals surface area contributed by atoms with Gasteiger partial charge in [-0.05, 0) is 55.1 Å². The Morgan fingerprint density at radius 3 is 2.65 bits per heavy atom. The van der Waals surface area contributed by atoms with Crippen LogP contribution in [-0.4, -0.2) is 11.1 Å². The smallest absolute Gasteiger partial charge is 0.0481 e. The monoisotopic (exact) mass is 264 g/mol. The minimum atomic E-state index is 0.932. The Hall–Kier alpha value is -2.22. The van der Waals surface area contributed by atoms with Crippen LogP contribution in [0.25, 0.3) is 10.9 Å². The minimum Gasteiger partial charge on any atom is -0.383 e. The van der Waals surface area contributed by atoms with Gasteiger partial charge in [-0.3, -0.25) is 0 Å². The molecular formula is C18H20N2. The van der Waals surface area contributed by atoms with Gasteiger partial charge in [0.2, 0.25) is 0 Å². The molecule has 2 nitrogen and oxygen atoms in total. The lowest BCUT2D eigenvalue weighted by molar-refractivity contribution is 0.757. The molecule has 102 valence electrons. The molecule has 0 saturated heterocycles. The molecule has 0 spiro atoms. The van der Waals surface area contributed by atoms with E-state index in [-0.39, 0.29) is 0 Å². The van der Waals surface area contributed by atoms with Crippen molar-refractivity contribution in [3.63, 3.8) is 0 Å². The van der Waals surface area contributed by atoms with Crippen molar-refractivity contribution >= 4 is 16.6 Å². The molecule has 2 heteroatoms. The predicted molar refractivity (Wildman–Crippen MR) is 86.3 cm³/mol. The highest BCUT2D eigenvalue weighted by molar-refractivity contribution is 5.80. The van der Waals surface area contributed by atoms with E-state index in [1.54, 1.807) is 0 Å². The molecule has 0 aliphatic carbocycles. The largest absolute Gasteiger partial charge is 0.383 e. The maximum absolute atomic E-state index is 3.48. The van der Waals surface area contributed by atoms with Crippen molar-refractivity contribution in [1.82, 2.24) is 4.57 Å². The van der Waals surface area contributed by atoms with Crippen LogP contribution in [0.5, 0.6) is 0 Å². The van der Waals surface area contributed by atoms with E-state index in [4.69, 9.17) is 0 Å². The average molecular weight is 264 g/mol. The molecule has 3 rings (SSSR count). The lowest BCUT2D eigenvalue weighted by atomic mass is 10.2. The van der Waals surface area contributed by atoms with Gasteiger partial charge >= 0.3 is 0 Å². The summed E-state index contributed by atoms with van der Waals surface area (Å²) in [5, 5.41) is 4.80. The summed E-state index contributed by atoms with van der Waals surface area (Å²) in [5.41, 5.74) is 5.10. The van der Waals surface area contributed by atoms with Crippen LogP contribution in [0.15, 0.2) is 54.7 Å². The molecule has 1 heterocycles. The number of benzene rings is 2. The standard InChI is InChI=1S/C18H20N2/c1-14-4-3-5-17(13-14)19-9-11-20-10-8-16-12-15(2)6-7-18(16)20/h3-8,10,12-13,19H,9,11H2,1-2H3. The number of nitrogens with one attached hydrogen (secondary N) is 1. The highest BCUT2D eigenvalue weighted by Crippen LogP contribution is 2.17. The lowest BCUT2D eigenvalue weighted by Gasteiger charge is -2.09. The zero-order valence-electron chi connectivity index (χ0n) is 12.1. The summed E-state index contributed by atoms with van der Waals surface area (Å²) in [7, 11) is 0. The van der Waals surface area contributed by atoms with Crippen molar-refractivity contribution in [3.8, 4) is 0 Å². The summed E-state index contributed by atoms with van der Waals surface area (Å²) in [6.07, 6.45) is 2.17. The van der Waals surface area contributed by atoms with Crippen molar-refractivity contribution in [2.45, 2.75) is 20.4 Å². The fraction of sp³-hybridized carbons (Fsp3) is 0.222. The SMILES string of the molecule is Cc1cccc(NCCn2ccc3cc(C)ccc32)c1. The van der Waals surface area contributed by atoms with Crippen LogP contribution >= 0.6 is 0 Å². The van der Waals surface area contributed by atoms with Crippen LogP contribution in [-0.2, 0) is 6.54 Å². The highest BCUT2D eigenvalue weighted by Gasteiger charge is 2.00. The number of rotatable bonds is 4. The van der Waals surface area contributed by atoms with Gasteiger partial charge in [-0.1, -0.05) is 23.8 Å². The van der Waals surface area contributed by atoms with Gasteiger partial charge in [-0.25, -0.2) is 0 Å². The van der Waals surface area contributed by atoms with Crippen molar-refractivity contribution in [1.29, 1.82) is 0 Å². The zero-order valence-corrected chi connectivity index (χ0v) is 12.1. The van der Waals surface area contributed by atoms with Gasteiger partial charge in [0.15, 0.2) is 0 Å². The van der Waals surface area contributed by atoms with Crippen LogP contribution in [0.4, 0.5) is 5.69 Å². The van der Waals surface area contributed by atoms with E-state index in [9.17, 15) is 0 Å². The minimum absolute atomic E-state index is 0.932. The van der Waals surface area contributed by atoms with E-state index in [1.165, 1.54) is 27.7 Å². The second-order valence-electron chi connectivity index (χ2n) is 5.37. The molecule has 0 aliphatic rings. The summed E-state index contributed by atoms with van der Waals surface area (Å²) >= 11 is 0. The van der Waals surface area contributed by atoms with E-state index < -0.39 is 0 Å². The maximum Gasteiger partial charge on any atom is 0.0481 e. The molecule has 0 bridgehead atoms. The third-order valence-corrected chi connectivity index (χ3v) is 3.63. The summed E-state index contributed by atoms with van der Waals surface area (Å²) in [4.78, 5) is 0. The maximum atomic E-state index is 3.48. The number of fused-ring (bicyclic) bond motifs is 1. The quantitative estimate of drug-likeness (QED) is 0.740. The van der Waals surface area contributed by atoms with Crippen LogP contribution < -0.4 is 5.32 Å². The molecular weight excluding hydrogens is 244 g/mol. The third-order valence-electron chi connectivity index (χ3n) is 3.63. The highest BCUT2D eigenvalue weighted by atomic mass is 15.0. The second-order valence-corrected chi connectivity index (χ2v) is 5.37. The molecule has 0 amide bonds. The Kier molecular flexibility index (Phi) is 3.46. The normalized spacial score (nSPS) is 10.9. The van der Waals surface area contributed by atoms with E-state index >= 15 is 0 Å². The number of hydrogen-bond donors (Lipinski definition) is 1. The summed E-state index contributed by atoms with van der Waals surface area (Å²) in [6, 6.07) is 17.3. The van der Waals surface area contributed by atoms with Crippen LogP contribution in [0, 0.1) is 13.8 Å². The number of anilines is 1. The number of aryl methyl sites for hydroxylation is 2. The molecule has 1 aromatic heterocycles. The van der Waals surface area contributed by atoms with Crippen LogP contribution in [0.2, 0.25) is 0 Å². The van der Waals surface area contributed by atoms with Crippen LogP contribution in [0.1, 0.15) is 11.1 Å². The molecule has 3 aromatic rings. The molecule has 2 aromatic carbocycles.